The molecule has 0 aromatic heterocycles. The van der Waals surface area contributed by atoms with Crippen LogP contribution >= 0.6 is 0 Å². The maximum absolute atomic E-state index is 13.3. The van der Waals surface area contributed by atoms with Gasteiger partial charge in [0.05, 0.1) is 6.61 Å². The Balaban J connectivity index is 5.90. The zero-order chi connectivity index (χ0) is 22.1. The molecule has 0 aromatic carbocycles. The average Bonchev–Trinajstić information content (AvgIpc) is 2.49. The highest BCUT2D eigenvalue weighted by Gasteiger charge is 2.92. The molecule has 0 N–H and O–H groups in total. The Labute approximate surface area is 142 Å². The Morgan fingerprint density at radius 1 is 0.667 bits per heavy atom. The Kier molecular flexibility index (Phi) is 7.12. The fraction of sp³-hybridized carbons (Fsp3) is 0.917. The summed E-state index contributed by atoms with van der Waals surface area (Å²) < 4.78 is 169. The van der Waals surface area contributed by atoms with Crippen LogP contribution in [-0.4, -0.2) is 48.4 Å². The van der Waals surface area contributed by atoms with Gasteiger partial charge in [-0.3, -0.25) is 0 Å². The quantitative estimate of drug-likeness (QED) is 0.274. The van der Waals surface area contributed by atoms with E-state index >= 15 is 0 Å². The van der Waals surface area contributed by atoms with Crippen LogP contribution in [0.3, 0.4) is 0 Å². The van der Waals surface area contributed by atoms with E-state index in [-0.39, 0.29) is 12.8 Å². The number of esters is 1. The third-order valence-electron chi connectivity index (χ3n) is 3.17. The van der Waals surface area contributed by atoms with Crippen LogP contribution in [0.25, 0.3) is 0 Å². The predicted octanol–water partition coefficient (Wildman–Crippen LogP) is 5.46. The Hall–Kier alpha value is -1.44. The summed E-state index contributed by atoms with van der Waals surface area (Å²) in [7, 11) is 0. The lowest BCUT2D eigenvalue weighted by Crippen LogP contribution is -2.71. The zero-order valence-corrected chi connectivity index (χ0v) is 13.1. The Morgan fingerprint density at radius 2 is 1.07 bits per heavy atom. The summed E-state index contributed by atoms with van der Waals surface area (Å²) in [5.74, 6) is -41.8. The molecule has 15 heteroatoms. The molecule has 0 radical (unpaired) electrons. The second-order valence-electron chi connectivity index (χ2n) is 5.21. The minimum Gasteiger partial charge on any atom is -0.461 e. The number of carbonyl (C=O) groups excluding carboxylic acids is 1. The van der Waals surface area contributed by atoms with E-state index in [0.29, 0.717) is 6.42 Å². The fourth-order valence-corrected chi connectivity index (χ4v) is 1.51. The second kappa shape index (κ2) is 7.53. The van der Waals surface area contributed by atoms with Gasteiger partial charge in [0, 0.05) is 0 Å². The molecule has 0 aliphatic carbocycles. The lowest BCUT2D eigenvalue weighted by molar-refractivity contribution is -0.437. The normalized spacial score (nSPS) is 15.0. The number of hydrogen-bond acceptors (Lipinski definition) is 2. The van der Waals surface area contributed by atoms with Gasteiger partial charge < -0.3 is 4.74 Å². The molecule has 0 atom stereocenters. The van der Waals surface area contributed by atoms with Gasteiger partial charge in [-0.25, -0.2) is 4.79 Å². The molecule has 0 amide bonds. The first kappa shape index (κ1) is 25.6. The highest BCUT2D eigenvalue weighted by Crippen LogP contribution is 2.60. The first-order valence-corrected chi connectivity index (χ1v) is 6.86. The Bertz CT molecular complexity index is 524. The molecule has 27 heavy (non-hydrogen) atoms. The summed E-state index contributed by atoms with van der Waals surface area (Å²) in [5, 5.41) is 0. The van der Waals surface area contributed by atoms with Crippen molar-refractivity contribution in [2.45, 2.75) is 62.0 Å². The molecule has 0 saturated carbocycles. The lowest BCUT2D eigenvalue weighted by atomic mass is 9.94. The SMILES string of the molecule is CCCCCOC(=O)C(F)(F)C(F)(F)C(F)(F)C(F)(F)C(F)(F)C(F)(F)F. The molecule has 0 bridgehead atoms. The molecule has 0 heterocycles. The van der Waals surface area contributed by atoms with Gasteiger partial charge in [0.15, 0.2) is 0 Å². The minimum atomic E-state index is -8.03. The lowest BCUT2D eigenvalue weighted by Gasteiger charge is -2.38. The summed E-state index contributed by atoms with van der Waals surface area (Å²) in [6, 6.07) is 0. The number of halogens is 13. The molecule has 0 fully saturated rings. The van der Waals surface area contributed by atoms with Crippen LogP contribution in [0.5, 0.6) is 0 Å². The zero-order valence-electron chi connectivity index (χ0n) is 13.1. The van der Waals surface area contributed by atoms with Gasteiger partial charge in [0.1, 0.15) is 0 Å². The number of hydrogen-bond donors (Lipinski definition) is 0. The van der Waals surface area contributed by atoms with Crippen molar-refractivity contribution in [2.24, 2.45) is 0 Å². The van der Waals surface area contributed by atoms with Gasteiger partial charge >= 0.3 is 41.8 Å². The van der Waals surface area contributed by atoms with Crippen molar-refractivity contribution in [3.05, 3.63) is 0 Å². The molecule has 162 valence electrons. The smallest absolute Gasteiger partial charge is 0.460 e. The number of unbranched alkanes of at least 4 members (excludes halogenated alkanes) is 2. The van der Waals surface area contributed by atoms with Crippen molar-refractivity contribution < 1.29 is 66.6 Å². The topological polar surface area (TPSA) is 26.3 Å². The monoisotopic (exact) mass is 434 g/mol. The number of ether oxygens (including phenoxy) is 1. The third kappa shape index (κ3) is 4.05. The van der Waals surface area contributed by atoms with Crippen molar-refractivity contribution >= 4 is 5.97 Å². The van der Waals surface area contributed by atoms with Crippen LogP contribution in [0.15, 0.2) is 0 Å². The van der Waals surface area contributed by atoms with Gasteiger partial charge in [0.25, 0.3) is 0 Å². The highest BCUT2D eigenvalue weighted by molar-refractivity contribution is 5.79. The fourth-order valence-electron chi connectivity index (χ4n) is 1.51. The van der Waals surface area contributed by atoms with Gasteiger partial charge in [-0.1, -0.05) is 19.8 Å². The van der Waals surface area contributed by atoms with Crippen LogP contribution < -0.4 is 0 Å². The van der Waals surface area contributed by atoms with Crippen molar-refractivity contribution in [3.63, 3.8) is 0 Å². The van der Waals surface area contributed by atoms with Gasteiger partial charge in [0.2, 0.25) is 0 Å². The number of alkyl halides is 13. The molecule has 0 rings (SSSR count). The average molecular weight is 434 g/mol. The molecule has 0 saturated heterocycles. The molecular formula is C12H11F13O2. The molecule has 0 aliphatic rings. The second-order valence-corrected chi connectivity index (χ2v) is 5.21. The molecule has 0 spiro atoms. The van der Waals surface area contributed by atoms with E-state index in [0.717, 1.165) is 0 Å². The number of rotatable bonds is 9. The largest absolute Gasteiger partial charge is 0.461 e. The van der Waals surface area contributed by atoms with E-state index in [2.05, 4.69) is 4.74 Å². The highest BCUT2D eigenvalue weighted by atomic mass is 19.4. The Morgan fingerprint density at radius 3 is 1.44 bits per heavy atom. The van der Waals surface area contributed by atoms with Crippen LogP contribution in [0.1, 0.15) is 26.2 Å². The van der Waals surface area contributed by atoms with Gasteiger partial charge in [-0.2, -0.15) is 57.1 Å². The van der Waals surface area contributed by atoms with Crippen LogP contribution in [0.4, 0.5) is 57.1 Å². The summed E-state index contributed by atoms with van der Waals surface area (Å²) in [4.78, 5) is 10.9. The van der Waals surface area contributed by atoms with Crippen molar-refractivity contribution in [1.29, 1.82) is 0 Å². The molecule has 2 nitrogen and oxygen atoms in total. The number of carbonyl (C=O) groups is 1. The summed E-state index contributed by atoms with van der Waals surface area (Å²) >= 11 is 0. The summed E-state index contributed by atoms with van der Waals surface area (Å²) in [5.41, 5.74) is 0. The van der Waals surface area contributed by atoms with E-state index in [1.807, 2.05) is 0 Å². The molecule has 0 unspecified atom stereocenters. The van der Waals surface area contributed by atoms with E-state index in [1.54, 1.807) is 6.92 Å². The first-order valence-electron chi connectivity index (χ1n) is 6.86. The molecular weight excluding hydrogens is 423 g/mol. The minimum absolute atomic E-state index is 0.182. The van der Waals surface area contributed by atoms with Gasteiger partial charge in [-0.05, 0) is 6.42 Å². The molecule has 0 aromatic rings. The van der Waals surface area contributed by atoms with Crippen LogP contribution in [-0.2, 0) is 9.53 Å². The van der Waals surface area contributed by atoms with Crippen LogP contribution in [0.2, 0.25) is 0 Å². The maximum atomic E-state index is 13.3. The van der Waals surface area contributed by atoms with Crippen molar-refractivity contribution in [3.8, 4) is 0 Å². The van der Waals surface area contributed by atoms with Crippen LogP contribution in [0, 0.1) is 0 Å². The first-order chi connectivity index (χ1) is 11.7. The van der Waals surface area contributed by atoms with E-state index < -0.39 is 48.4 Å². The van der Waals surface area contributed by atoms with E-state index in [1.165, 1.54) is 0 Å². The predicted molar refractivity (Wildman–Crippen MR) is 61.3 cm³/mol. The standard InChI is InChI=1S/C12H11F13O2/c1-2-3-4-5-27-6(26)7(13,14)8(15,16)9(17,18)10(19,20)11(21,22)12(23,24)25/h2-5H2,1H3. The van der Waals surface area contributed by atoms with E-state index in [9.17, 15) is 61.9 Å². The summed E-state index contributed by atoms with van der Waals surface area (Å²) in [6.07, 6.45) is -7.16. The third-order valence-corrected chi connectivity index (χ3v) is 3.17. The van der Waals surface area contributed by atoms with Crippen molar-refractivity contribution in [1.82, 2.24) is 0 Å². The maximum Gasteiger partial charge on any atom is 0.460 e. The molecule has 0 aliphatic heterocycles. The van der Waals surface area contributed by atoms with E-state index in [4.69, 9.17) is 0 Å². The summed E-state index contributed by atoms with van der Waals surface area (Å²) in [6.45, 7) is 0.507. The van der Waals surface area contributed by atoms with Gasteiger partial charge in [-0.15, -0.1) is 0 Å². The van der Waals surface area contributed by atoms with Crippen molar-refractivity contribution in [2.75, 3.05) is 6.61 Å².